The predicted octanol–water partition coefficient (Wildman–Crippen LogP) is 2.60. The first kappa shape index (κ1) is 15.5. The highest BCUT2D eigenvalue weighted by Gasteiger charge is 2.20. The number of ether oxygens (including phenoxy) is 3. The fourth-order valence-electron chi connectivity index (χ4n) is 1.42. The van der Waals surface area contributed by atoms with E-state index in [0.717, 1.165) is 0 Å². The summed E-state index contributed by atoms with van der Waals surface area (Å²) in [6.07, 6.45) is -0.0663. The van der Waals surface area contributed by atoms with Gasteiger partial charge < -0.3 is 14.2 Å². The zero-order valence-corrected chi connectivity index (χ0v) is 12.5. The maximum Gasteiger partial charge on any atom is 0.346 e. The van der Waals surface area contributed by atoms with Crippen LogP contribution >= 0.6 is 15.9 Å². The molecule has 0 heterocycles. The van der Waals surface area contributed by atoms with Crippen molar-refractivity contribution in [3.63, 3.8) is 0 Å². The topological polar surface area (TPSA) is 61.8 Å². The van der Waals surface area contributed by atoms with Gasteiger partial charge in [0, 0.05) is 5.56 Å². The Bertz CT molecular complexity index is 472. The SMILES string of the molecule is CCOc1cc(C=O)cc(Br)c1O[C@H](C)C(=O)OC. The Morgan fingerprint density at radius 3 is 2.68 bits per heavy atom. The minimum Gasteiger partial charge on any atom is -0.490 e. The summed E-state index contributed by atoms with van der Waals surface area (Å²) in [5.74, 6) is 0.272. The van der Waals surface area contributed by atoms with Crippen LogP contribution in [0.15, 0.2) is 16.6 Å². The molecule has 0 saturated heterocycles. The molecule has 0 spiro atoms. The number of methoxy groups -OCH3 is 1. The summed E-state index contributed by atoms with van der Waals surface area (Å²) in [6.45, 7) is 3.80. The highest BCUT2D eigenvalue weighted by Crippen LogP contribution is 2.37. The first-order valence-corrected chi connectivity index (χ1v) is 6.48. The minimum atomic E-state index is -0.775. The number of halogens is 1. The van der Waals surface area contributed by atoms with E-state index < -0.39 is 12.1 Å². The number of esters is 1. The van der Waals surface area contributed by atoms with Crippen LogP contribution in [-0.2, 0) is 9.53 Å². The zero-order chi connectivity index (χ0) is 14.4. The average Bonchev–Trinajstić information content (AvgIpc) is 2.41. The monoisotopic (exact) mass is 330 g/mol. The number of hydrogen-bond acceptors (Lipinski definition) is 5. The van der Waals surface area contributed by atoms with Gasteiger partial charge in [-0.3, -0.25) is 4.79 Å². The number of hydrogen-bond donors (Lipinski definition) is 0. The minimum absolute atomic E-state index is 0.366. The van der Waals surface area contributed by atoms with Crippen molar-refractivity contribution in [1.29, 1.82) is 0 Å². The van der Waals surface area contributed by atoms with Crippen LogP contribution in [0.2, 0.25) is 0 Å². The second kappa shape index (κ2) is 7.13. The lowest BCUT2D eigenvalue weighted by Crippen LogP contribution is -2.25. The third-order valence-electron chi connectivity index (χ3n) is 2.30. The molecule has 0 bridgehead atoms. The van der Waals surface area contributed by atoms with Gasteiger partial charge in [0.15, 0.2) is 17.6 Å². The number of rotatable bonds is 6. The number of aldehydes is 1. The fourth-order valence-corrected chi connectivity index (χ4v) is 1.98. The molecule has 0 N–H and O–H groups in total. The van der Waals surface area contributed by atoms with Gasteiger partial charge >= 0.3 is 5.97 Å². The van der Waals surface area contributed by atoms with Crippen LogP contribution in [0, 0.1) is 0 Å². The van der Waals surface area contributed by atoms with Crippen LogP contribution in [0.25, 0.3) is 0 Å². The lowest BCUT2D eigenvalue weighted by Gasteiger charge is -2.17. The molecule has 5 nitrogen and oxygen atoms in total. The third kappa shape index (κ3) is 3.96. The molecule has 0 amide bonds. The normalized spacial score (nSPS) is 11.6. The Labute approximate surface area is 120 Å². The van der Waals surface area contributed by atoms with E-state index in [0.29, 0.717) is 34.4 Å². The molecule has 1 atom stereocenters. The summed E-state index contributed by atoms with van der Waals surface area (Å²) < 4.78 is 16.1. The lowest BCUT2D eigenvalue weighted by atomic mass is 10.2. The largest absolute Gasteiger partial charge is 0.490 e. The third-order valence-corrected chi connectivity index (χ3v) is 2.88. The van der Waals surface area contributed by atoms with Crippen LogP contribution in [-0.4, -0.2) is 32.1 Å². The van der Waals surface area contributed by atoms with Crippen LogP contribution < -0.4 is 9.47 Å². The summed E-state index contributed by atoms with van der Waals surface area (Å²) in [5.41, 5.74) is 0.452. The van der Waals surface area contributed by atoms with Crippen molar-refractivity contribution in [2.24, 2.45) is 0 Å². The molecule has 0 aliphatic heterocycles. The first-order valence-electron chi connectivity index (χ1n) is 5.69. The van der Waals surface area contributed by atoms with Crippen molar-refractivity contribution < 1.29 is 23.8 Å². The quantitative estimate of drug-likeness (QED) is 0.592. The maximum absolute atomic E-state index is 11.4. The van der Waals surface area contributed by atoms with Crippen molar-refractivity contribution in [3.8, 4) is 11.5 Å². The predicted molar refractivity (Wildman–Crippen MR) is 72.8 cm³/mol. The highest BCUT2D eigenvalue weighted by atomic mass is 79.9. The lowest BCUT2D eigenvalue weighted by molar-refractivity contribution is -0.147. The molecule has 0 unspecified atom stereocenters. The molecule has 0 fully saturated rings. The van der Waals surface area contributed by atoms with Gasteiger partial charge in [0.2, 0.25) is 0 Å². The van der Waals surface area contributed by atoms with E-state index in [9.17, 15) is 9.59 Å². The Morgan fingerprint density at radius 1 is 1.47 bits per heavy atom. The molecule has 1 rings (SSSR count). The van der Waals surface area contributed by atoms with Crippen LogP contribution in [0.5, 0.6) is 11.5 Å². The molecular weight excluding hydrogens is 316 g/mol. The molecule has 6 heteroatoms. The van der Waals surface area contributed by atoms with Crippen molar-refractivity contribution in [2.75, 3.05) is 13.7 Å². The summed E-state index contributed by atoms with van der Waals surface area (Å²) in [7, 11) is 1.29. The van der Waals surface area contributed by atoms with Gasteiger partial charge in [0.05, 0.1) is 18.2 Å². The van der Waals surface area contributed by atoms with E-state index in [1.807, 2.05) is 6.92 Å². The smallest absolute Gasteiger partial charge is 0.346 e. The second-order valence-corrected chi connectivity index (χ2v) is 4.52. The Kier molecular flexibility index (Phi) is 5.82. The Hall–Kier alpha value is -1.56. The zero-order valence-electron chi connectivity index (χ0n) is 10.9. The highest BCUT2D eigenvalue weighted by molar-refractivity contribution is 9.10. The molecule has 1 aromatic carbocycles. The van der Waals surface area contributed by atoms with Crippen LogP contribution in [0.4, 0.5) is 0 Å². The van der Waals surface area contributed by atoms with E-state index in [1.54, 1.807) is 19.1 Å². The van der Waals surface area contributed by atoms with Crippen molar-refractivity contribution in [2.45, 2.75) is 20.0 Å². The van der Waals surface area contributed by atoms with Crippen LogP contribution in [0.1, 0.15) is 24.2 Å². The van der Waals surface area contributed by atoms with Gasteiger partial charge in [-0.25, -0.2) is 4.79 Å². The van der Waals surface area contributed by atoms with Crippen LogP contribution in [0.3, 0.4) is 0 Å². The summed E-state index contributed by atoms with van der Waals surface area (Å²) >= 11 is 3.29. The Balaban J connectivity index is 3.10. The van der Waals surface area contributed by atoms with Gasteiger partial charge in [-0.1, -0.05) is 0 Å². The molecule has 0 aliphatic carbocycles. The van der Waals surface area contributed by atoms with Crippen molar-refractivity contribution >= 4 is 28.2 Å². The summed E-state index contributed by atoms with van der Waals surface area (Å²) in [5, 5.41) is 0. The van der Waals surface area contributed by atoms with E-state index in [1.165, 1.54) is 7.11 Å². The van der Waals surface area contributed by atoms with Gasteiger partial charge in [-0.05, 0) is 41.9 Å². The van der Waals surface area contributed by atoms with E-state index in [4.69, 9.17) is 9.47 Å². The standard InChI is InChI=1S/C13H15BrO5/c1-4-18-11-6-9(7-15)5-10(14)12(11)19-8(2)13(16)17-3/h5-8H,4H2,1-3H3/t8-/m1/s1. The molecule has 19 heavy (non-hydrogen) atoms. The maximum atomic E-state index is 11.4. The van der Waals surface area contributed by atoms with Gasteiger partial charge in [-0.2, -0.15) is 0 Å². The second-order valence-electron chi connectivity index (χ2n) is 3.66. The fraction of sp³-hybridized carbons (Fsp3) is 0.385. The molecular formula is C13H15BrO5. The molecule has 0 aromatic heterocycles. The van der Waals surface area contributed by atoms with E-state index >= 15 is 0 Å². The van der Waals surface area contributed by atoms with E-state index in [2.05, 4.69) is 20.7 Å². The molecule has 0 radical (unpaired) electrons. The molecule has 104 valence electrons. The number of carbonyl (C=O) groups excluding carboxylic acids is 2. The summed E-state index contributed by atoms with van der Waals surface area (Å²) in [6, 6.07) is 3.15. The Morgan fingerprint density at radius 2 is 2.16 bits per heavy atom. The summed E-state index contributed by atoms with van der Waals surface area (Å²) in [4.78, 5) is 22.2. The first-order chi connectivity index (χ1) is 9.03. The molecule has 1 aromatic rings. The van der Waals surface area contributed by atoms with Crippen molar-refractivity contribution in [1.82, 2.24) is 0 Å². The van der Waals surface area contributed by atoms with E-state index in [-0.39, 0.29) is 0 Å². The van der Waals surface area contributed by atoms with Gasteiger partial charge in [-0.15, -0.1) is 0 Å². The average molecular weight is 331 g/mol. The number of carbonyl (C=O) groups is 2. The molecule has 0 saturated carbocycles. The van der Waals surface area contributed by atoms with Gasteiger partial charge in [0.25, 0.3) is 0 Å². The van der Waals surface area contributed by atoms with Crippen molar-refractivity contribution in [3.05, 3.63) is 22.2 Å². The molecule has 0 aliphatic rings. The number of benzene rings is 1. The van der Waals surface area contributed by atoms with Gasteiger partial charge in [0.1, 0.15) is 6.29 Å².